The first-order valence-corrected chi connectivity index (χ1v) is 8.24. The number of carboxylic acids is 1. The fourth-order valence-electron chi connectivity index (χ4n) is 2.88. The molecule has 3 aromatic rings. The molecule has 0 unspecified atom stereocenters. The lowest BCUT2D eigenvalue weighted by Crippen LogP contribution is -2.06. The molecule has 1 heterocycles. The SMILES string of the molecule is CC(C)CCn1c(-c2ccccc2C(=O)O)nc2cc(C#N)ccc21. The van der Waals surface area contributed by atoms with Gasteiger partial charge in [-0.2, -0.15) is 5.26 Å². The molecular weight excluding hydrogens is 314 g/mol. The smallest absolute Gasteiger partial charge is 0.336 e. The van der Waals surface area contributed by atoms with Crippen molar-refractivity contribution in [2.24, 2.45) is 5.92 Å². The van der Waals surface area contributed by atoms with Gasteiger partial charge in [0.2, 0.25) is 0 Å². The van der Waals surface area contributed by atoms with Gasteiger partial charge < -0.3 is 9.67 Å². The summed E-state index contributed by atoms with van der Waals surface area (Å²) in [6, 6.07) is 14.4. The van der Waals surface area contributed by atoms with E-state index in [1.54, 1.807) is 30.3 Å². The lowest BCUT2D eigenvalue weighted by molar-refractivity contribution is 0.0697. The van der Waals surface area contributed by atoms with E-state index in [0.717, 1.165) is 18.5 Å². The van der Waals surface area contributed by atoms with Gasteiger partial charge >= 0.3 is 5.97 Å². The highest BCUT2D eigenvalue weighted by atomic mass is 16.4. The Morgan fingerprint density at radius 3 is 2.72 bits per heavy atom. The maximum Gasteiger partial charge on any atom is 0.336 e. The molecule has 1 aromatic heterocycles. The Bertz CT molecular complexity index is 980. The summed E-state index contributed by atoms with van der Waals surface area (Å²) in [5.74, 6) is 0.165. The van der Waals surface area contributed by atoms with Gasteiger partial charge in [0.1, 0.15) is 5.82 Å². The summed E-state index contributed by atoms with van der Waals surface area (Å²) in [7, 11) is 0. The summed E-state index contributed by atoms with van der Waals surface area (Å²) >= 11 is 0. The third-order valence-electron chi connectivity index (χ3n) is 4.21. The van der Waals surface area contributed by atoms with Crippen LogP contribution in [0.3, 0.4) is 0 Å². The Hall–Kier alpha value is -3.13. The standard InChI is InChI=1S/C20H19N3O2/c1-13(2)9-10-23-18-8-7-14(12-21)11-17(18)22-19(23)15-5-3-4-6-16(15)20(24)25/h3-8,11,13H,9-10H2,1-2H3,(H,24,25). The minimum atomic E-state index is -0.976. The van der Waals surface area contributed by atoms with Crippen LogP contribution in [0.2, 0.25) is 0 Å². The van der Waals surface area contributed by atoms with Crippen molar-refractivity contribution in [2.75, 3.05) is 0 Å². The van der Waals surface area contributed by atoms with Gasteiger partial charge in [-0.05, 0) is 36.6 Å². The van der Waals surface area contributed by atoms with Crippen LogP contribution in [-0.2, 0) is 6.54 Å². The number of hydrogen-bond donors (Lipinski definition) is 1. The predicted octanol–water partition coefficient (Wildman–Crippen LogP) is 4.32. The molecule has 0 aliphatic rings. The van der Waals surface area contributed by atoms with Crippen molar-refractivity contribution < 1.29 is 9.90 Å². The van der Waals surface area contributed by atoms with Crippen LogP contribution in [0.1, 0.15) is 36.2 Å². The number of aromatic nitrogens is 2. The predicted molar refractivity (Wildman–Crippen MR) is 96.3 cm³/mol. The molecule has 5 nitrogen and oxygen atoms in total. The number of hydrogen-bond acceptors (Lipinski definition) is 3. The maximum absolute atomic E-state index is 11.6. The summed E-state index contributed by atoms with van der Waals surface area (Å²) in [6.07, 6.45) is 0.952. The number of nitrogens with zero attached hydrogens (tertiary/aromatic N) is 3. The zero-order valence-electron chi connectivity index (χ0n) is 14.2. The number of aromatic carboxylic acids is 1. The van der Waals surface area contributed by atoms with E-state index in [1.807, 2.05) is 12.1 Å². The summed E-state index contributed by atoms with van der Waals surface area (Å²) in [6.45, 7) is 5.04. The van der Waals surface area contributed by atoms with Crippen molar-refractivity contribution in [3.8, 4) is 17.5 Å². The third kappa shape index (κ3) is 3.24. The first-order valence-electron chi connectivity index (χ1n) is 8.24. The van der Waals surface area contributed by atoms with E-state index in [4.69, 9.17) is 5.26 Å². The highest BCUT2D eigenvalue weighted by molar-refractivity contribution is 5.96. The highest BCUT2D eigenvalue weighted by Crippen LogP contribution is 2.29. The van der Waals surface area contributed by atoms with Gasteiger partial charge in [0.15, 0.2) is 0 Å². The molecule has 126 valence electrons. The average molecular weight is 333 g/mol. The molecule has 0 fully saturated rings. The second kappa shape index (κ2) is 6.78. The number of carboxylic acid groups (broad SMARTS) is 1. The van der Waals surface area contributed by atoms with Crippen LogP contribution in [0.15, 0.2) is 42.5 Å². The largest absolute Gasteiger partial charge is 0.478 e. The molecule has 0 atom stereocenters. The van der Waals surface area contributed by atoms with E-state index in [2.05, 4.69) is 29.5 Å². The normalized spacial score (nSPS) is 11.0. The Balaban J connectivity index is 2.24. The number of aryl methyl sites for hydroxylation is 1. The van der Waals surface area contributed by atoms with Gasteiger partial charge in [0.05, 0.1) is 28.2 Å². The monoisotopic (exact) mass is 333 g/mol. The van der Waals surface area contributed by atoms with Gasteiger partial charge in [-0.15, -0.1) is 0 Å². The molecule has 0 saturated carbocycles. The van der Waals surface area contributed by atoms with Crippen LogP contribution in [-0.4, -0.2) is 20.6 Å². The maximum atomic E-state index is 11.6. The molecule has 1 N–H and O–H groups in total. The van der Waals surface area contributed by atoms with Gasteiger partial charge in [-0.25, -0.2) is 9.78 Å². The van der Waals surface area contributed by atoms with Crippen LogP contribution >= 0.6 is 0 Å². The molecule has 2 aromatic carbocycles. The molecule has 0 aliphatic carbocycles. The zero-order chi connectivity index (χ0) is 18.0. The second-order valence-electron chi connectivity index (χ2n) is 6.44. The molecule has 0 amide bonds. The Morgan fingerprint density at radius 1 is 1.28 bits per heavy atom. The summed E-state index contributed by atoms with van der Waals surface area (Å²) in [4.78, 5) is 16.3. The summed E-state index contributed by atoms with van der Waals surface area (Å²) in [5, 5.41) is 18.6. The summed E-state index contributed by atoms with van der Waals surface area (Å²) < 4.78 is 2.05. The first kappa shape index (κ1) is 16.7. The third-order valence-corrected chi connectivity index (χ3v) is 4.21. The van der Waals surface area contributed by atoms with Gasteiger partial charge in [-0.1, -0.05) is 32.0 Å². The number of rotatable bonds is 5. The van der Waals surface area contributed by atoms with E-state index in [1.165, 1.54) is 0 Å². The lowest BCUT2D eigenvalue weighted by atomic mass is 10.1. The fourth-order valence-corrected chi connectivity index (χ4v) is 2.88. The Morgan fingerprint density at radius 2 is 2.04 bits per heavy atom. The minimum Gasteiger partial charge on any atom is -0.478 e. The van der Waals surface area contributed by atoms with Crippen LogP contribution in [0, 0.1) is 17.2 Å². The van der Waals surface area contributed by atoms with E-state index >= 15 is 0 Å². The zero-order valence-corrected chi connectivity index (χ0v) is 14.2. The lowest BCUT2D eigenvalue weighted by Gasteiger charge is -2.12. The number of carbonyl (C=O) groups is 1. The van der Waals surface area contributed by atoms with Crippen molar-refractivity contribution in [3.63, 3.8) is 0 Å². The average Bonchev–Trinajstić information content (AvgIpc) is 2.97. The fraction of sp³-hybridized carbons (Fsp3) is 0.250. The second-order valence-corrected chi connectivity index (χ2v) is 6.44. The topological polar surface area (TPSA) is 78.9 Å². The molecule has 0 saturated heterocycles. The van der Waals surface area contributed by atoms with E-state index < -0.39 is 5.97 Å². The molecule has 0 radical (unpaired) electrons. The molecule has 0 aliphatic heterocycles. The summed E-state index contributed by atoms with van der Waals surface area (Å²) in [5.41, 5.74) is 2.98. The van der Waals surface area contributed by atoms with Crippen molar-refractivity contribution in [2.45, 2.75) is 26.8 Å². The molecule has 0 spiro atoms. The number of nitriles is 1. The van der Waals surface area contributed by atoms with Gasteiger partial charge in [-0.3, -0.25) is 0 Å². The van der Waals surface area contributed by atoms with Gasteiger partial charge in [0, 0.05) is 12.1 Å². The highest BCUT2D eigenvalue weighted by Gasteiger charge is 2.18. The molecule has 3 rings (SSSR count). The van der Waals surface area contributed by atoms with Crippen LogP contribution in [0.25, 0.3) is 22.4 Å². The van der Waals surface area contributed by atoms with Crippen LogP contribution in [0.5, 0.6) is 0 Å². The van der Waals surface area contributed by atoms with Crippen molar-refractivity contribution in [1.29, 1.82) is 5.26 Å². The number of benzene rings is 2. The molecule has 0 bridgehead atoms. The molecule has 5 heteroatoms. The van der Waals surface area contributed by atoms with Crippen molar-refractivity contribution in [1.82, 2.24) is 9.55 Å². The van der Waals surface area contributed by atoms with Crippen molar-refractivity contribution in [3.05, 3.63) is 53.6 Å². The first-order chi connectivity index (χ1) is 12.0. The number of imidazole rings is 1. The van der Waals surface area contributed by atoms with Gasteiger partial charge in [0.25, 0.3) is 0 Å². The minimum absolute atomic E-state index is 0.226. The Kier molecular flexibility index (Phi) is 4.53. The Labute approximate surface area is 146 Å². The quantitative estimate of drug-likeness (QED) is 0.754. The van der Waals surface area contributed by atoms with E-state index in [0.29, 0.717) is 28.4 Å². The van der Waals surface area contributed by atoms with Crippen LogP contribution in [0.4, 0.5) is 0 Å². The number of fused-ring (bicyclic) bond motifs is 1. The molecular formula is C20H19N3O2. The van der Waals surface area contributed by atoms with E-state index in [9.17, 15) is 9.90 Å². The molecule has 25 heavy (non-hydrogen) atoms. The van der Waals surface area contributed by atoms with Crippen LogP contribution < -0.4 is 0 Å². The van der Waals surface area contributed by atoms with E-state index in [-0.39, 0.29) is 5.56 Å². The van der Waals surface area contributed by atoms with Crippen molar-refractivity contribution >= 4 is 17.0 Å².